The van der Waals surface area contributed by atoms with E-state index < -0.39 is 0 Å². The molecule has 104 valence electrons. The minimum Gasteiger partial charge on any atom is -0.355 e. The number of carbonyl (C=O) groups excluding carboxylic acids is 1. The average molecular weight is 253 g/mol. The lowest BCUT2D eigenvalue weighted by atomic mass is 9.76. The molecule has 0 aromatic rings. The zero-order valence-corrected chi connectivity index (χ0v) is 12.1. The molecule has 0 aliphatic carbocycles. The quantitative estimate of drug-likeness (QED) is 0.729. The molecule has 0 rings (SSSR count). The van der Waals surface area contributed by atoms with Crippen LogP contribution in [0.15, 0.2) is 0 Å². The smallest absolute Gasteiger partial charge is 0.220 e. The number of rotatable bonds is 7. The molecular formula is C14H27N3O. The van der Waals surface area contributed by atoms with Crippen molar-refractivity contribution in [2.75, 3.05) is 13.1 Å². The summed E-state index contributed by atoms with van der Waals surface area (Å²) in [5.74, 6) is 0.362. The Bertz CT molecular complexity index is 288. The van der Waals surface area contributed by atoms with Crippen LogP contribution in [0.25, 0.3) is 0 Å². The van der Waals surface area contributed by atoms with Gasteiger partial charge in [-0.05, 0) is 37.6 Å². The van der Waals surface area contributed by atoms with Crippen LogP contribution in [0.3, 0.4) is 0 Å². The van der Waals surface area contributed by atoms with Gasteiger partial charge in [-0.25, -0.2) is 0 Å². The van der Waals surface area contributed by atoms with Crippen molar-refractivity contribution in [3.63, 3.8) is 0 Å². The zero-order chi connectivity index (χ0) is 14.2. The largest absolute Gasteiger partial charge is 0.355 e. The van der Waals surface area contributed by atoms with Crippen LogP contribution in [0.1, 0.15) is 47.0 Å². The van der Waals surface area contributed by atoms with Gasteiger partial charge < -0.3 is 11.1 Å². The summed E-state index contributed by atoms with van der Waals surface area (Å²) in [6.07, 6.45) is 2.32. The van der Waals surface area contributed by atoms with Gasteiger partial charge in [0.2, 0.25) is 5.91 Å². The lowest BCUT2D eigenvalue weighted by Crippen LogP contribution is -2.30. The van der Waals surface area contributed by atoms with Gasteiger partial charge in [-0.15, -0.1) is 0 Å². The second-order valence-electron chi connectivity index (χ2n) is 6.01. The molecule has 3 N–H and O–H groups in total. The molecule has 4 heteroatoms. The van der Waals surface area contributed by atoms with Crippen LogP contribution in [-0.2, 0) is 4.79 Å². The molecule has 2 unspecified atom stereocenters. The summed E-state index contributed by atoms with van der Waals surface area (Å²) in [4.78, 5) is 11.6. The van der Waals surface area contributed by atoms with Crippen molar-refractivity contribution >= 4 is 5.91 Å². The second-order valence-corrected chi connectivity index (χ2v) is 6.01. The first-order chi connectivity index (χ1) is 8.31. The van der Waals surface area contributed by atoms with E-state index in [2.05, 4.69) is 32.2 Å². The van der Waals surface area contributed by atoms with Gasteiger partial charge in [0.1, 0.15) is 0 Å². The fraction of sp³-hybridized carbons (Fsp3) is 0.857. The highest BCUT2D eigenvalue weighted by Crippen LogP contribution is 2.31. The first kappa shape index (κ1) is 16.9. The highest BCUT2D eigenvalue weighted by molar-refractivity contribution is 5.75. The zero-order valence-electron chi connectivity index (χ0n) is 12.1. The minimum atomic E-state index is -0.128. The average Bonchev–Trinajstić information content (AvgIpc) is 2.29. The molecule has 0 radical (unpaired) electrons. The van der Waals surface area contributed by atoms with Crippen LogP contribution < -0.4 is 11.1 Å². The van der Waals surface area contributed by atoms with Crippen molar-refractivity contribution in [1.29, 1.82) is 5.26 Å². The Morgan fingerprint density at radius 2 is 2.00 bits per heavy atom. The Hall–Kier alpha value is -1.08. The predicted octanol–water partition coefficient (Wildman–Crippen LogP) is 2.05. The van der Waals surface area contributed by atoms with Crippen molar-refractivity contribution in [2.45, 2.75) is 47.0 Å². The minimum absolute atomic E-state index is 0.0309. The fourth-order valence-electron chi connectivity index (χ4n) is 1.92. The highest BCUT2D eigenvalue weighted by Gasteiger charge is 2.24. The van der Waals surface area contributed by atoms with Crippen LogP contribution in [0, 0.1) is 28.6 Å². The molecule has 0 aromatic carbocycles. The lowest BCUT2D eigenvalue weighted by Gasteiger charge is -2.30. The normalized spacial score (nSPS) is 14.7. The molecule has 0 aromatic heterocycles. The van der Waals surface area contributed by atoms with Crippen LogP contribution in [0.5, 0.6) is 0 Å². The number of nitrogens with zero attached hydrogens (tertiary/aromatic N) is 1. The molecule has 0 saturated carbocycles. The van der Waals surface area contributed by atoms with Crippen molar-refractivity contribution in [2.24, 2.45) is 23.0 Å². The Labute approximate surface area is 111 Å². The van der Waals surface area contributed by atoms with Gasteiger partial charge in [-0.3, -0.25) is 4.79 Å². The predicted molar refractivity (Wildman–Crippen MR) is 73.6 cm³/mol. The van der Waals surface area contributed by atoms with Crippen molar-refractivity contribution in [3.8, 4) is 6.07 Å². The molecule has 0 spiro atoms. The van der Waals surface area contributed by atoms with Crippen LogP contribution in [0.2, 0.25) is 0 Å². The summed E-state index contributed by atoms with van der Waals surface area (Å²) >= 11 is 0. The maximum Gasteiger partial charge on any atom is 0.220 e. The number of nitrogens with two attached hydrogens (primary N) is 1. The Kier molecular flexibility index (Phi) is 7.61. The van der Waals surface area contributed by atoms with Gasteiger partial charge >= 0.3 is 0 Å². The van der Waals surface area contributed by atoms with Gasteiger partial charge in [-0.2, -0.15) is 5.26 Å². The molecule has 0 aliphatic rings. The number of amides is 1. The third-order valence-corrected chi connectivity index (χ3v) is 3.29. The molecule has 4 nitrogen and oxygen atoms in total. The summed E-state index contributed by atoms with van der Waals surface area (Å²) in [7, 11) is 0. The third-order valence-electron chi connectivity index (χ3n) is 3.29. The monoisotopic (exact) mass is 253 g/mol. The Morgan fingerprint density at radius 3 is 2.44 bits per heavy atom. The number of nitrogens with one attached hydrogen (secondary N) is 1. The number of hydrogen-bond acceptors (Lipinski definition) is 3. The molecule has 0 aliphatic heterocycles. The highest BCUT2D eigenvalue weighted by atomic mass is 16.1. The maximum atomic E-state index is 11.6. The molecule has 0 bridgehead atoms. The van der Waals surface area contributed by atoms with Crippen molar-refractivity contribution in [3.05, 3.63) is 0 Å². The maximum absolute atomic E-state index is 11.6. The van der Waals surface area contributed by atoms with E-state index in [9.17, 15) is 4.79 Å². The lowest BCUT2D eigenvalue weighted by molar-refractivity contribution is -0.121. The van der Waals surface area contributed by atoms with Crippen LogP contribution >= 0.6 is 0 Å². The van der Waals surface area contributed by atoms with E-state index in [1.54, 1.807) is 6.92 Å². The summed E-state index contributed by atoms with van der Waals surface area (Å²) < 4.78 is 0. The van der Waals surface area contributed by atoms with Crippen molar-refractivity contribution in [1.82, 2.24) is 5.32 Å². The van der Waals surface area contributed by atoms with E-state index in [1.807, 2.05) is 0 Å². The van der Waals surface area contributed by atoms with Crippen molar-refractivity contribution < 1.29 is 4.79 Å². The molecular weight excluding hydrogens is 226 g/mol. The summed E-state index contributed by atoms with van der Waals surface area (Å²) in [6, 6.07) is 2.10. The van der Waals surface area contributed by atoms with E-state index in [-0.39, 0.29) is 17.2 Å². The summed E-state index contributed by atoms with van der Waals surface area (Å²) in [5, 5.41) is 11.4. The number of nitriles is 1. The molecule has 0 saturated heterocycles. The van der Waals surface area contributed by atoms with E-state index in [1.165, 1.54) is 0 Å². The third kappa shape index (κ3) is 7.29. The van der Waals surface area contributed by atoms with E-state index in [4.69, 9.17) is 11.0 Å². The molecule has 2 atom stereocenters. The van der Waals surface area contributed by atoms with Crippen LogP contribution in [-0.4, -0.2) is 19.0 Å². The first-order valence-corrected chi connectivity index (χ1v) is 6.67. The standard InChI is InChI=1S/C14H27N3O/c1-11(9-16)10-17-13(18)6-5-12(7-8-15)14(2,3)4/h11-12H,5-8,10,15H2,1-4H3,(H,17,18). The van der Waals surface area contributed by atoms with Gasteiger partial charge in [0.05, 0.1) is 12.0 Å². The molecule has 18 heavy (non-hydrogen) atoms. The summed E-state index contributed by atoms with van der Waals surface area (Å²) in [6.45, 7) is 9.45. The molecule has 0 heterocycles. The topological polar surface area (TPSA) is 78.9 Å². The van der Waals surface area contributed by atoms with Gasteiger partial charge in [0.25, 0.3) is 0 Å². The van der Waals surface area contributed by atoms with E-state index in [0.29, 0.717) is 25.4 Å². The Morgan fingerprint density at radius 1 is 1.39 bits per heavy atom. The summed E-state index contributed by atoms with van der Waals surface area (Å²) in [5.41, 5.74) is 5.79. The fourth-order valence-corrected chi connectivity index (χ4v) is 1.92. The molecule has 1 amide bonds. The number of hydrogen-bond donors (Lipinski definition) is 2. The van der Waals surface area contributed by atoms with Gasteiger partial charge in [0, 0.05) is 13.0 Å². The van der Waals surface area contributed by atoms with E-state index >= 15 is 0 Å². The van der Waals surface area contributed by atoms with Crippen LogP contribution in [0.4, 0.5) is 0 Å². The molecule has 0 fully saturated rings. The van der Waals surface area contributed by atoms with E-state index in [0.717, 1.165) is 12.8 Å². The SMILES string of the molecule is CC(C#N)CNC(=O)CCC(CCN)C(C)(C)C. The first-order valence-electron chi connectivity index (χ1n) is 6.67. The van der Waals surface area contributed by atoms with Gasteiger partial charge in [0.15, 0.2) is 0 Å². The number of carbonyl (C=O) groups is 1. The van der Waals surface area contributed by atoms with Gasteiger partial charge in [-0.1, -0.05) is 20.8 Å². The second kappa shape index (κ2) is 8.10. The Balaban J connectivity index is 4.05.